The van der Waals surface area contributed by atoms with E-state index in [0.717, 1.165) is 26.8 Å². The van der Waals surface area contributed by atoms with Crippen molar-refractivity contribution in [3.63, 3.8) is 0 Å². The van der Waals surface area contributed by atoms with Crippen LogP contribution in [0.25, 0.3) is 10.4 Å². The molecule has 25 heavy (non-hydrogen) atoms. The minimum absolute atomic E-state index is 0.0800. The quantitative estimate of drug-likeness (QED) is 0.824. The van der Waals surface area contributed by atoms with E-state index < -0.39 is 0 Å². The van der Waals surface area contributed by atoms with Crippen molar-refractivity contribution in [3.8, 4) is 21.9 Å². The number of amides is 1. The second-order valence-electron chi connectivity index (χ2n) is 6.47. The van der Waals surface area contributed by atoms with Gasteiger partial charge in [0.2, 0.25) is 0 Å². The zero-order valence-electron chi connectivity index (χ0n) is 14.4. The monoisotopic (exact) mass is 359 g/mol. The van der Waals surface area contributed by atoms with Crippen molar-refractivity contribution >= 4 is 17.2 Å². The summed E-state index contributed by atoms with van der Waals surface area (Å²) in [6.07, 6.45) is 0.0809. The number of hydrogen-bond acceptors (Lipinski definition) is 5. The number of fused-ring (bicyclic) bond motifs is 1. The van der Waals surface area contributed by atoms with Gasteiger partial charge in [-0.1, -0.05) is 0 Å². The van der Waals surface area contributed by atoms with E-state index in [4.69, 9.17) is 14.2 Å². The third-order valence-corrected chi connectivity index (χ3v) is 5.63. The molecule has 0 N–H and O–H groups in total. The predicted molar refractivity (Wildman–Crippen MR) is 96.7 cm³/mol. The first kappa shape index (κ1) is 16.4. The fraction of sp³-hybridized carbons (Fsp3) is 0.421. The summed E-state index contributed by atoms with van der Waals surface area (Å²) in [5, 5.41) is 0. The Balaban J connectivity index is 1.56. The van der Waals surface area contributed by atoms with Crippen LogP contribution < -0.4 is 9.47 Å². The Kier molecular flexibility index (Phi) is 4.39. The number of thiophene rings is 1. The van der Waals surface area contributed by atoms with Crippen LogP contribution in [0.3, 0.4) is 0 Å². The summed E-state index contributed by atoms with van der Waals surface area (Å²) in [4.78, 5) is 16.6. The number of morpholine rings is 1. The van der Waals surface area contributed by atoms with Crippen LogP contribution in [0.1, 0.15) is 23.5 Å². The molecule has 1 aromatic heterocycles. The number of carbonyl (C=O) groups excluding carboxylic acids is 1. The average Bonchev–Trinajstić information content (AvgIpc) is 3.13. The van der Waals surface area contributed by atoms with Gasteiger partial charge in [-0.05, 0) is 49.7 Å². The number of nitrogens with zero attached hydrogens (tertiary/aromatic N) is 1. The third-order valence-electron chi connectivity index (χ3n) is 4.51. The molecule has 1 amide bonds. The van der Waals surface area contributed by atoms with Crippen molar-refractivity contribution in [2.45, 2.75) is 26.0 Å². The largest absolute Gasteiger partial charge is 0.486 e. The highest BCUT2D eigenvalue weighted by atomic mass is 32.1. The molecule has 2 aliphatic rings. The van der Waals surface area contributed by atoms with Gasteiger partial charge in [0.1, 0.15) is 13.2 Å². The van der Waals surface area contributed by atoms with Gasteiger partial charge in [0.25, 0.3) is 5.91 Å². The topological polar surface area (TPSA) is 48.0 Å². The zero-order chi connectivity index (χ0) is 17.4. The summed E-state index contributed by atoms with van der Waals surface area (Å²) in [6.45, 7) is 6.41. The molecule has 1 saturated heterocycles. The van der Waals surface area contributed by atoms with Gasteiger partial charge >= 0.3 is 0 Å². The summed E-state index contributed by atoms with van der Waals surface area (Å²) in [7, 11) is 0. The normalized spacial score (nSPS) is 22.7. The Hall–Kier alpha value is -2.05. The average molecular weight is 359 g/mol. The van der Waals surface area contributed by atoms with Crippen molar-refractivity contribution in [1.82, 2.24) is 4.90 Å². The molecule has 2 atom stereocenters. The maximum Gasteiger partial charge on any atom is 0.264 e. The van der Waals surface area contributed by atoms with Gasteiger partial charge in [0.15, 0.2) is 11.5 Å². The van der Waals surface area contributed by atoms with Crippen LogP contribution in [0.2, 0.25) is 0 Å². The molecule has 0 saturated carbocycles. The molecule has 1 aromatic carbocycles. The van der Waals surface area contributed by atoms with Crippen LogP contribution in [0, 0.1) is 0 Å². The molecular weight excluding hydrogens is 338 g/mol. The highest BCUT2D eigenvalue weighted by Crippen LogP contribution is 2.37. The molecule has 0 spiro atoms. The number of rotatable bonds is 2. The van der Waals surface area contributed by atoms with Gasteiger partial charge in [0.05, 0.1) is 23.6 Å². The first-order valence-corrected chi connectivity index (χ1v) is 9.36. The van der Waals surface area contributed by atoms with Crippen LogP contribution in [-0.2, 0) is 4.74 Å². The Morgan fingerprint density at radius 3 is 2.76 bits per heavy atom. The highest BCUT2D eigenvalue weighted by Gasteiger charge is 2.29. The van der Waals surface area contributed by atoms with Gasteiger partial charge < -0.3 is 19.1 Å². The van der Waals surface area contributed by atoms with Crippen LogP contribution >= 0.6 is 11.3 Å². The molecule has 5 nitrogen and oxygen atoms in total. The fourth-order valence-electron chi connectivity index (χ4n) is 3.13. The molecule has 132 valence electrons. The van der Waals surface area contributed by atoms with Crippen LogP contribution in [0.4, 0.5) is 0 Å². The summed E-state index contributed by atoms with van der Waals surface area (Å²) in [5.41, 5.74) is 1.04. The van der Waals surface area contributed by atoms with Gasteiger partial charge in [-0.3, -0.25) is 4.79 Å². The molecule has 2 unspecified atom stereocenters. The third kappa shape index (κ3) is 3.24. The van der Waals surface area contributed by atoms with Crippen LogP contribution in [-0.4, -0.2) is 49.3 Å². The van der Waals surface area contributed by atoms with E-state index in [-0.39, 0.29) is 18.1 Å². The molecule has 3 heterocycles. The molecule has 0 aliphatic carbocycles. The number of hydrogen-bond donors (Lipinski definition) is 0. The zero-order valence-corrected chi connectivity index (χ0v) is 15.2. The molecule has 2 aromatic rings. The van der Waals surface area contributed by atoms with Gasteiger partial charge in [-0.25, -0.2) is 0 Å². The molecular formula is C19H21NO4S. The first-order valence-electron chi connectivity index (χ1n) is 8.54. The predicted octanol–water partition coefficient (Wildman–Crippen LogP) is 3.44. The molecule has 1 fully saturated rings. The molecule has 0 bridgehead atoms. The number of benzene rings is 1. The Morgan fingerprint density at radius 2 is 1.92 bits per heavy atom. The molecule has 2 aliphatic heterocycles. The minimum Gasteiger partial charge on any atom is -0.486 e. The van der Waals surface area contributed by atoms with E-state index in [2.05, 4.69) is 0 Å². The van der Waals surface area contributed by atoms with Crippen molar-refractivity contribution in [1.29, 1.82) is 0 Å². The van der Waals surface area contributed by atoms with E-state index in [0.29, 0.717) is 26.4 Å². The molecule has 4 rings (SSSR count). The molecule has 0 radical (unpaired) electrons. The summed E-state index contributed by atoms with van der Waals surface area (Å²) < 4.78 is 16.8. The Morgan fingerprint density at radius 1 is 1.12 bits per heavy atom. The second kappa shape index (κ2) is 6.69. The summed E-state index contributed by atoms with van der Waals surface area (Å²) >= 11 is 1.51. The lowest BCUT2D eigenvalue weighted by Crippen LogP contribution is -2.50. The lowest BCUT2D eigenvalue weighted by Gasteiger charge is -2.36. The first-order chi connectivity index (χ1) is 12.1. The van der Waals surface area contributed by atoms with Crippen molar-refractivity contribution < 1.29 is 19.0 Å². The molecule has 6 heteroatoms. The van der Waals surface area contributed by atoms with Crippen molar-refractivity contribution in [3.05, 3.63) is 35.2 Å². The summed E-state index contributed by atoms with van der Waals surface area (Å²) in [5.74, 6) is 1.62. The SMILES string of the molecule is CC1CN(C(=O)c2ccc(-c3ccc4c(c3)OCCO4)s2)C(C)CO1. The van der Waals surface area contributed by atoms with Crippen molar-refractivity contribution in [2.24, 2.45) is 0 Å². The Bertz CT molecular complexity index is 787. The van der Waals surface area contributed by atoms with E-state index in [1.54, 1.807) is 0 Å². The van der Waals surface area contributed by atoms with Crippen LogP contribution in [0.5, 0.6) is 11.5 Å². The lowest BCUT2D eigenvalue weighted by atomic mass is 10.1. The van der Waals surface area contributed by atoms with E-state index in [9.17, 15) is 4.79 Å². The maximum atomic E-state index is 12.9. The smallest absolute Gasteiger partial charge is 0.264 e. The van der Waals surface area contributed by atoms with E-state index in [1.165, 1.54) is 11.3 Å². The van der Waals surface area contributed by atoms with E-state index >= 15 is 0 Å². The van der Waals surface area contributed by atoms with Gasteiger partial charge in [0, 0.05) is 11.4 Å². The minimum atomic E-state index is 0.0800. The number of carbonyl (C=O) groups is 1. The fourth-order valence-corrected chi connectivity index (χ4v) is 4.09. The van der Waals surface area contributed by atoms with Gasteiger partial charge in [-0.2, -0.15) is 0 Å². The highest BCUT2D eigenvalue weighted by molar-refractivity contribution is 7.17. The summed E-state index contributed by atoms with van der Waals surface area (Å²) in [6, 6.07) is 9.92. The Labute approximate surface area is 151 Å². The number of ether oxygens (including phenoxy) is 3. The standard InChI is InChI=1S/C19H21NO4S/c1-12-11-24-13(2)10-20(12)19(21)18-6-5-17(25-18)14-3-4-15-16(9-14)23-8-7-22-15/h3-6,9,12-13H,7-8,10-11H2,1-2H3. The van der Waals surface area contributed by atoms with Crippen molar-refractivity contribution in [2.75, 3.05) is 26.4 Å². The lowest BCUT2D eigenvalue weighted by molar-refractivity contribution is -0.0385. The maximum absolute atomic E-state index is 12.9. The van der Waals surface area contributed by atoms with E-state index in [1.807, 2.05) is 49.1 Å². The van der Waals surface area contributed by atoms with Gasteiger partial charge in [-0.15, -0.1) is 11.3 Å². The second-order valence-corrected chi connectivity index (χ2v) is 7.56. The van der Waals surface area contributed by atoms with Crippen LogP contribution in [0.15, 0.2) is 30.3 Å².